The number of rotatable bonds is 40. The summed E-state index contributed by atoms with van der Waals surface area (Å²) in [4.78, 5) is 42.9. The Morgan fingerprint density at radius 1 is 0.481 bits per heavy atom. The van der Waals surface area contributed by atoms with E-state index in [0.717, 1.165) is 51.4 Å². The van der Waals surface area contributed by atoms with Gasteiger partial charge in [-0.25, -0.2) is 4.57 Å². The van der Waals surface area contributed by atoms with Gasteiger partial charge in [0.1, 0.15) is 6.61 Å². The van der Waals surface area contributed by atoms with E-state index in [1.165, 1.54) is 122 Å². The Bertz CT molecular complexity index is 1020. The van der Waals surface area contributed by atoms with E-state index in [1.54, 1.807) is 0 Å². The summed E-state index contributed by atoms with van der Waals surface area (Å²) in [7, 11) is -4.77. The number of carbonyl (C=O) groups excluding carboxylic acids is 2. The molecule has 0 radical (unpaired) electrons. The zero-order valence-electron chi connectivity index (χ0n) is 34.6. The second-order valence-corrected chi connectivity index (χ2v) is 15.9. The maximum absolute atomic E-state index is 12.4. The summed E-state index contributed by atoms with van der Waals surface area (Å²) < 4.78 is 26.4. The van der Waals surface area contributed by atoms with Gasteiger partial charge in [-0.2, -0.15) is 0 Å². The summed E-state index contributed by atoms with van der Waals surface area (Å²) >= 11 is 0. The molecule has 0 heterocycles. The predicted octanol–water partition coefficient (Wildman–Crippen LogP) is 13.5. The van der Waals surface area contributed by atoms with Gasteiger partial charge in [-0.05, 0) is 77.0 Å². The first kappa shape index (κ1) is 52.0. The van der Waals surface area contributed by atoms with Crippen LogP contribution in [-0.2, 0) is 28.2 Å². The minimum atomic E-state index is -4.77. The zero-order chi connectivity index (χ0) is 39.6. The first-order chi connectivity index (χ1) is 26.3. The zero-order valence-corrected chi connectivity index (χ0v) is 35.5. The molecule has 314 valence electrons. The van der Waals surface area contributed by atoms with Crippen LogP contribution in [0.3, 0.4) is 0 Å². The van der Waals surface area contributed by atoms with Crippen LogP contribution in [0.1, 0.15) is 206 Å². The van der Waals surface area contributed by atoms with Gasteiger partial charge in [0.25, 0.3) is 0 Å². The van der Waals surface area contributed by atoms with Gasteiger partial charge in [0, 0.05) is 12.8 Å². The molecule has 1 atom stereocenters. The Balaban J connectivity index is 3.91. The van der Waals surface area contributed by atoms with Crippen LogP contribution in [0.2, 0.25) is 0 Å². The number of esters is 2. The highest BCUT2D eigenvalue weighted by molar-refractivity contribution is 7.46. The number of phosphoric ester groups is 1. The van der Waals surface area contributed by atoms with E-state index in [-0.39, 0.29) is 19.4 Å². The topological polar surface area (TPSA) is 119 Å². The molecule has 54 heavy (non-hydrogen) atoms. The molecule has 0 aliphatic rings. The molecule has 0 amide bonds. The Morgan fingerprint density at radius 2 is 0.833 bits per heavy atom. The van der Waals surface area contributed by atoms with Crippen LogP contribution in [0, 0.1) is 0 Å². The summed E-state index contributed by atoms with van der Waals surface area (Å²) in [6.45, 7) is 3.63. The minimum Gasteiger partial charge on any atom is -0.462 e. The second-order valence-electron chi connectivity index (χ2n) is 14.7. The lowest BCUT2D eigenvalue weighted by Crippen LogP contribution is -2.29. The number of phosphoric acid groups is 1. The molecule has 0 saturated heterocycles. The molecule has 0 fully saturated rings. The van der Waals surface area contributed by atoms with Crippen molar-refractivity contribution in [2.45, 2.75) is 213 Å². The molecule has 0 aromatic rings. The van der Waals surface area contributed by atoms with Crippen LogP contribution in [0.4, 0.5) is 0 Å². The molecule has 0 bridgehead atoms. The van der Waals surface area contributed by atoms with E-state index < -0.39 is 32.5 Å². The molecule has 9 heteroatoms. The van der Waals surface area contributed by atoms with E-state index in [1.807, 2.05) is 0 Å². The van der Waals surface area contributed by atoms with Crippen molar-refractivity contribution < 1.29 is 37.9 Å². The summed E-state index contributed by atoms with van der Waals surface area (Å²) in [6.07, 6.45) is 49.8. The fraction of sp³-hybridized carbons (Fsp3) is 0.778. The first-order valence-electron chi connectivity index (χ1n) is 21.9. The van der Waals surface area contributed by atoms with Crippen molar-refractivity contribution in [1.82, 2.24) is 0 Å². The van der Waals surface area contributed by atoms with Crippen molar-refractivity contribution in [3.8, 4) is 0 Å². The normalized spacial score (nSPS) is 12.9. The summed E-state index contributed by atoms with van der Waals surface area (Å²) in [5, 5.41) is 0. The average Bonchev–Trinajstić information content (AvgIpc) is 3.14. The summed E-state index contributed by atoms with van der Waals surface area (Å²) in [5.74, 6) is -0.928. The predicted molar refractivity (Wildman–Crippen MR) is 225 cm³/mol. The molecule has 8 nitrogen and oxygen atoms in total. The Morgan fingerprint density at radius 3 is 1.33 bits per heavy atom. The maximum atomic E-state index is 12.4. The van der Waals surface area contributed by atoms with E-state index in [9.17, 15) is 14.2 Å². The van der Waals surface area contributed by atoms with Crippen molar-refractivity contribution >= 4 is 19.8 Å². The maximum Gasteiger partial charge on any atom is 0.469 e. The third-order valence-corrected chi connectivity index (χ3v) is 9.81. The lowest BCUT2D eigenvalue weighted by molar-refractivity contribution is -0.161. The molecule has 0 unspecified atom stereocenters. The third kappa shape index (κ3) is 42.7. The van der Waals surface area contributed by atoms with Gasteiger partial charge in [-0.15, -0.1) is 0 Å². The highest BCUT2D eigenvalue weighted by Gasteiger charge is 2.22. The first-order valence-corrected chi connectivity index (χ1v) is 23.5. The number of hydrogen-bond acceptors (Lipinski definition) is 6. The van der Waals surface area contributed by atoms with Crippen LogP contribution in [0.25, 0.3) is 0 Å². The van der Waals surface area contributed by atoms with Crippen LogP contribution >= 0.6 is 7.82 Å². The van der Waals surface area contributed by atoms with Crippen LogP contribution < -0.4 is 0 Å². The van der Waals surface area contributed by atoms with Gasteiger partial charge in [-0.1, -0.05) is 165 Å². The lowest BCUT2D eigenvalue weighted by Gasteiger charge is -2.18. The highest BCUT2D eigenvalue weighted by atomic mass is 31.2. The standard InChI is InChI=1S/C45H81O8P/c1-3-5-7-9-11-13-15-17-19-20-21-22-23-24-26-27-29-31-33-35-37-39-44(46)51-41-43(42-52-54(48,49)50)53-45(47)40-38-36-34-32-30-28-25-18-16-14-12-10-8-6-4-2/h12,14,17-19,25,30,32,43H,3-11,13,15-16,20-24,26-29,31,33-42H2,1-2H3,(H2,48,49,50)/b14-12+,19-17+,25-18+,32-30+/t43-/m1/s1. The van der Waals surface area contributed by atoms with Crippen LogP contribution in [0.5, 0.6) is 0 Å². The van der Waals surface area contributed by atoms with Gasteiger partial charge in [-0.3, -0.25) is 14.1 Å². The summed E-state index contributed by atoms with van der Waals surface area (Å²) in [6, 6.07) is 0. The third-order valence-electron chi connectivity index (χ3n) is 9.32. The van der Waals surface area contributed by atoms with Gasteiger partial charge in [0.15, 0.2) is 6.10 Å². The molecular weight excluding hydrogens is 699 g/mol. The molecule has 0 aromatic heterocycles. The molecular formula is C45H81O8P. The van der Waals surface area contributed by atoms with Crippen molar-refractivity contribution in [2.75, 3.05) is 13.2 Å². The SMILES string of the molecule is CCCCC/C=C/C/C=C/C/C=C/CCCCC(=O)O[C@H](COC(=O)CCCCCCCCCCCCC/C=C/CCCCCCCC)COP(=O)(O)O. The Labute approximate surface area is 331 Å². The fourth-order valence-electron chi connectivity index (χ4n) is 6.02. The highest BCUT2D eigenvalue weighted by Crippen LogP contribution is 2.36. The number of carbonyl (C=O) groups is 2. The van der Waals surface area contributed by atoms with E-state index >= 15 is 0 Å². The molecule has 2 N–H and O–H groups in total. The number of hydrogen-bond donors (Lipinski definition) is 2. The van der Waals surface area contributed by atoms with Crippen LogP contribution in [0.15, 0.2) is 48.6 Å². The number of allylic oxidation sites excluding steroid dienone is 8. The molecule has 0 saturated carbocycles. The van der Waals surface area contributed by atoms with Gasteiger partial charge < -0.3 is 19.3 Å². The van der Waals surface area contributed by atoms with Crippen molar-refractivity contribution in [2.24, 2.45) is 0 Å². The minimum absolute atomic E-state index is 0.163. The monoisotopic (exact) mass is 781 g/mol. The Hall–Kier alpha value is -1.99. The molecule has 0 aromatic carbocycles. The van der Waals surface area contributed by atoms with Crippen molar-refractivity contribution in [3.63, 3.8) is 0 Å². The molecule has 0 aliphatic heterocycles. The second kappa shape index (κ2) is 40.7. The fourth-order valence-corrected chi connectivity index (χ4v) is 6.38. The number of unbranched alkanes of at least 4 members (excludes halogenated alkanes) is 22. The van der Waals surface area contributed by atoms with Crippen LogP contribution in [-0.4, -0.2) is 41.0 Å². The van der Waals surface area contributed by atoms with E-state index in [2.05, 4.69) is 67.0 Å². The van der Waals surface area contributed by atoms with Gasteiger partial charge >= 0.3 is 19.8 Å². The molecule has 0 rings (SSSR count). The van der Waals surface area contributed by atoms with E-state index in [0.29, 0.717) is 6.42 Å². The lowest BCUT2D eigenvalue weighted by atomic mass is 10.0. The van der Waals surface area contributed by atoms with Crippen molar-refractivity contribution in [1.29, 1.82) is 0 Å². The molecule has 0 spiro atoms. The molecule has 0 aliphatic carbocycles. The smallest absolute Gasteiger partial charge is 0.462 e. The summed E-state index contributed by atoms with van der Waals surface area (Å²) in [5.41, 5.74) is 0. The van der Waals surface area contributed by atoms with Gasteiger partial charge in [0.2, 0.25) is 0 Å². The van der Waals surface area contributed by atoms with Crippen molar-refractivity contribution in [3.05, 3.63) is 48.6 Å². The number of ether oxygens (including phenoxy) is 2. The largest absolute Gasteiger partial charge is 0.469 e. The Kier molecular flexibility index (Phi) is 39.2. The quantitative estimate of drug-likeness (QED) is 0.0273. The average molecular weight is 781 g/mol. The van der Waals surface area contributed by atoms with E-state index in [4.69, 9.17) is 19.3 Å². The van der Waals surface area contributed by atoms with Gasteiger partial charge in [0.05, 0.1) is 6.61 Å².